The normalized spacial score (nSPS) is 13.1. The number of aliphatic hydroxyl groups excluding tert-OH is 2. The van der Waals surface area contributed by atoms with E-state index in [9.17, 15) is 19.8 Å². The molecule has 0 rings (SSSR count). The van der Waals surface area contributed by atoms with Gasteiger partial charge >= 0.3 is 5.97 Å². The summed E-state index contributed by atoms with van der Waals surface area (Å²) in [6, 6.07) is -0.700. The third kappa shape index (κ3) is 48.9. The molecule has 0 aliphatic rings. The quantitative estimate of drug-likeness (QED) is 0.0321. The van der Waals surface area contributed by atoms with E-state index in [4.69, 9.17) is 4.74 Å². The average molecular weight is 919 g/mol. The smallest absolute Gasteiger partial charge is 0.306 e. The molecule has 0 radical (unpaired) electrons. The van der Waals surface area contributed by atoms with Gasteiger partial charge in [-0.05, 0) is 51.4 Å². The fraction of sp³-hybridized carbons (Fsp3) is 0.932. The number of hydrogen-bond acceptors (Lipinski definition) is 5. The third-order valence-electron chi connectivity index (χ3n) is 13.8. The van der Waals surface area contributed by atoms with Crippen LogP contribution in [0.5, 0.6) is 0 Å². The summed E-state index contributed by atoms with van der Waals surface area (Å²) in [5.41, 5.74) is 0. The molecule has 0 aromatic carbocycles. The van der Waals surface area contributed by atoms with Crippen molar-refractivity contribution < 1.29 is 24.5 Å². The van der Waals surface area contributed by atoms with Gasteiger partial charge in [-0.3, -0.25) is 9.59 Å². The van der Waals surface area contributed by atoms with Gasteiger partial charge in [-0.1, -0.05) is 277 Å². The number of esters is 1. The number of ether oxygens (including phenoxy) is 1. The van der Waals surface area contributed by atoms with Gasteiger partial charge in [0, 0.05) is 6.42 Å². The van der Waals surface area contributed by atoms with Crippen LogP contribution in [0.3, 0.4) is 0 Å². The van der Waals surface area contributed by atoms with Crippen molar-refractivity contribution in [3.8, 4) is 0 Å². The summed E-state index contributed by atoms with van der Waals surface area (Å²) in [5.74, 6) is -0.465. The molecule has 0 aliphatic carbocycles. The van der Waals surface area contributed by atoms with Gasteiger partial charge in [0.15, 0.2) is 0 Å². The lowest BCUT2D eigenvalue weighted by molar-refractivity contribution is -0.151. The molecule has 6 heteroatoms. The molecule has 0 aromatic rings. The molecular formula is C59H115NO5. The highest BCUT2D eigenvalue weighted by Crippen LogP contribution is 2.19. The summed E-state index contributed by atoms with van der Waals surface area (Å²) in [6.07, 6.45) is 61.4. The number of nitrogens with one attached hydrogen (secondary N) is 1. The van der Waals surface area contributed by atoms with Crippen LogP contribution in [-0.4, -0.2) is 46.9 Å². The molecule has 3 atom stereocenters. The summed E-state index contributed by atoms with van der Waals surface area (Å²) < 4.78 is 5.96. The van der Waals surface area contributed by atoms with Gasteiger partial charge in [0.05, 0.1) is 25.2 Å². The number of aliphatic hydroxyl groups is 2. The molecule has 0 spiro atoms. The van der Waals surface area contributed by atoms with Gasteiger partial charge in [-0.25, -0.2) is 0 Å². The van der Waals surface area contributed by atoms with Crippen molar-refractivity contribution in [1.82, 2.24) is 5.32 Å². The van der Waals surface area contributed by atoms with Gasteiger partial charge in [-0.2, -0.15) is 0 Å². The number of allylic oxidation sites excluding steroid dienone is 2. The van der Waals surface area contributed by atoms with Crippen LogP contribution in [0.25, 0.3) is 0 Å². The summed E-state index contributed by atoms with van der Waals surface area (Å²) >= 11 is 0. The topological polar surface area (TPSA) is 95.9 Å². The van der Waals surface area contributed by atoms with E-state index in [0.717, 1.165) is 57.8 Å². The fourth-order valence-electron chi connectivity index (χ4n) is 9.37. The maximum atomic E-state index is 13.3. The zero-order valence-electron chi connectivity index (χ0n) is 44.2. The Morgan fingerprint density at radius 3 is 1.11 bits per heavy atom. The Morgan fingerprint density at radius 2 is 0.738 bits per heavy atom. The predicted octanol–water partition coefficient (Wildman–Crippen LogP) is 18.1. The van der Waals surface area contributed by atoms with E-state index in [1.807, 2.05) is 0 Å². The lowest BCUT2D eigenvalue weighted by Gasteiger charge is -2.24. The van der Waals surface area contributed by atoms with E-state index in [1.54, 1.807) is 0 Å². The molecule has 3 unspecified atom stereocenters. The van der Waals surface area contributed by atoms with Crippen molar-refractivity contribution in [2.45, 2.75) is 347 Å². The molecule has 1 amide bonds. The van der Waals surface area contributed by atoms with E-state index in [1.165, 1.54) is 225 Å². The first-order valence-electron chi connectivity index (χ1n) is 29.4. The van der Waals surface area contributed by atoms with Gasteiger partial charge < -0.3 is 20.3 Å². The maximum Gasteiger partial charge on any atom is 0.306 e. The van der Waals surface area contributed by atoms with Crippen LogP contribution in [0, 0.1) is 0 Å². The Balaban J connectivity index is 4.48. The van der Waals surface area contributed by atoms with Crippen molar-refractivity contribution >= 4 is 11.9 Å². The minimum absolute atomic E-state index is 0.0746. The third-order valence-corrected chi connectivity index (χ3v) is 13.8. The van der Waals surface area contributed by atoms with Crippen molar-refractivity contribution in [2.24, 2.45) is 0 Å². The van der Waals surface area contributed by atoms with Crippen molar-refractivity contribution in [2.75, 3.05) is 6.61 Å². The van der Waals surface area contributed by atoms with E-state index in [2.05, 4.69) is 38.2 Å². The van der Waals surface area contributed by atoms with Gasteiger partial charge in [0.1, 0.15) is 6.10 Å². The molecule has 0 heterocycles. The Kier molecular flexibility index (Phi) is 52.4. The molecule has 0 saturated carbocycles. The second-order valence-electron chi connectivity index (χ2n) is 20.4. The molecule has 65 heavy (non-hydrogen) atoms. The second-order valence-corrected chi connectivity index (χ2v) is 20.4. The zero-order chi connectivity index (χ0) is 47.4. The largest absolute Gasteiger partial charge is 0.462 e. The Hall–Kier alpha value is -1.40. The molecule has 0 fully saturated rings. The molecule has 386 valence electrons. The Morgan fingerprint density at radius 1 is 0.431 bits per heavy atom. The van der Waals surface area contributed by atoms with Crippen LogP contribution in [0.4, 0.5) is 0 Å². The van der Waals surface area contributed by atoms with E-state index < -0.39 is 18.2 Å². The van der Waals surface area contributed by atoms with Crippen molar-refractivity contribution in [1.29, 1.82) is 0 Å². The van der Waals surface area contributed by atoms with Crippen LogP contribution < -0.4 is 5.32 Å². The first kappa shape index (κ1) is 63.6. The Bertz CT molecular complexity index is 986. The van der Waals surface area contributed by atoms with Gasteiger partial charge in [-0.15, -0.1) is 0 Å². The number of carbonyl (C=O) groups is 2. The van der Waals surface area contributed by atoms with Crippen molar-refractivity contribution in [3.63, 3.8) is 0 Å². The predicted molar refractivity (Wildman–Crippen MR) is 283 cm³/mol. The Labute approximate surface area is 406 Å². The van der Waals surface area contributed by atoms with Gasteiger partial charge in [0.2, 0.25) is 5.91 Å². The molecule has 0 aliphatic heterocycles. The summed E-state index contributed by atoms with van der Waals surface area (Å²) in [4.78, 5) is 26.3. The van der Waals surface area contributed by atoms with E-state index in [-0.39, 0.29) is 24.9 Å². The first-order valence-corrected chi connectivity index (χ1v) is 29.4. The number of hydrogen-bond donors (Lipinski definition) is 3. The maximum absolute atomic E-state index is 13.3. The lowest BCUT2D eigenvalue weighted by atomic mass is 10.0. The SMILES string of the molecule is CCCCCCCCC/C=C/CCCCCC(CC(=O)NC(CO)C(O)CCCCCCCCCCCCCCC)OC(=O)CCCCCCCCCCCCCCCCCCCCC. The highest BCUT2D eigenvalue weighted by Gasteiger charge is 2.24. The standard InChI is InChI=1S/C59H115NO5/c1-4-7-10-13-16-19-22-25-27-28-29-30-31-34-37-40-43-46-49-52-59(64)65-55(50-47-44-41-38-35-33-26-23-20-17-14-11-8-5-2)53-58(63)60-56(54-61)57(62)51-48-45-42-39-36-32-24-21-18-15-12-9-6-3/h33,35,55-57,61-62H,4-32,34,36-54H2,1-3H3,(H,60,63)/b35-33+. The zero-order valence-corrected chi connectivity index (χ0v) is 44.2. The minimum Gasteiger partial charge on any atom is -0.462 e. The average Bonchev–Trinajstić information content (AvgIpc) is 3.30. The molecule has 0 saturated heterocycles. The summed E-state index contributed by atoms with van der Waals surface area (Å²) in [7, 11) is 0. The molecule has 3 N–H and O–H groups in total. The number of rotatable bonds is 54. The van der Waals surface area contributed by atoms with Crippen LogP contribution in [-0.2, 0) is 14.3 Å². The van der Waals surface area contributed by atoms with Crippen LogP contribution in [0.1, 0.15) is 329 Å². The summed E-state index contributed by atoms with van der Waals surface area (Å²) in [5, 5.41) is 23.9. The van der Waals surface area contributed by atoms with Crippen LogP contribution >= 0.6 is 0 Å². The van der Waals surface area contributed by atoms with Crippen LogP contribution in [0.15, 0.2) is 12.2 Å². The first-order chi connectivity index (χ1) is 32.0. The highest BCUT2D eigenvalue weighted by molar-refractivity contribution is 5.77. The minimum atomic E-state index is -0.786. The molecule has 6 nitrogen and oxygen atoms in total. The monoisotopic (exact) mass is 918 g/mol. The van der Waals surface area contributed by atoms with Gasteiger partial charge in [0.25, 0.3) is 0 Å². The number of carbonyl (C=O) groups excluding carboxylic acids is 2. The highest BCUT2D eigenvalue weighted by atomic mass is 16.5. The molecular weight excluding hydrogens is 803 g/mol. The van der Waals surface area contributed by atoms with E-state index in [0.29, 0.717) is 19.3 Å². The lowest BCUT2D eigenvalue weighted by Crippen LogP contribution is -2.46. The molecule has 0 aromatic heterocycles. The summed E-state index contributed by atoms with van der Waals surface area (Å²) in [6.45, 7) is 6.52. The fourth-order valence-corrected chi connectivity index (χ4v) is 9.37. The molecule has 0 bridgehead atoms. The number of unbranched alkanes of at least 4 members (excludes halogenated alkanes) is 40. The van der Waals surface area contributed by atoms with Crippen LogP contribution in [0.2, 0.25) is 0 Å². The number of amides is 1. The van der Waals surface area contributed by atoms with E-state index >= 15 is 0 Å². The van der Waals surface area contributed by atoms with Crippen molar-refractivity contribution in [3.05, 3.63) is 12.2 Å². The second kappa shape index (κ2) is 53.6.